The fraction of sp³-hybridized carbons (Fsp3) is 0.432. The second kappa shape index (κ2) is 17.8. The summed E-state index contributed by atoms with van der Waals surface area (Å²) in [5, 5.41) is 15.9. The normalized spacial score (nSPS) is 16.3. The van der Waals surface area contributed by atoms with Crippen LogP contribution in [0.25, 0.3) is 21.9 Å². The number of halogens is 9. The van der Waals surface area contributed by atoms with E-state index >= 15 is 0 Å². The number of amides is 1. The number of carbonyl (C=O) groups is 3. The predicted octanol–water partition coefficient (Wildman–Crippen LogP) is 7.57. The number of anilines is 1. The van der Waals surface area contributed by atoms with Gasteiger partial charge in [0, 0.05) is 17.8 Å². The van der Waals surface area contributed by atoms with Gasteiger partial charge in [-0.3, -0.25) is 14.5 Å². The molecule has 0 saturated carbocycles. The molecule has 8 nitrogen and oxygen atoms in total. The first kappa shape index (κ1) is 43.9. The Morgan fingerprint density at radius 3 is 2.04 bits per heavy atom. The van der Waals surface area contributed by atoms with E-state index in [2.05, 4.69) is 10.6 Å². The Morgan fingerprint density at radius 2 is 1.54 bits per heavy atom. The van der Waals surface area contributed by atoms with Crippen LogP contribution in [0.3, 0.4) is 0 Å². The molecule has 0 radical (unpaired) electrons. The van der Waals surface area contributed by atoms with Crippen LogP contribution in [0.5, 0.6) is 0 Å². The van der Waals surface area contributed by atoms with Crippen molar-refractivity contribution in [2.45, 2.75) is 57.3 Å². The fourth-order valence-corrected chi connectivity index (χ4v) is 6.40. The molecule has 1 aliphatic rings. The van der Waals surface area contributed by atoms with Gasteiger partial charge in [0.1, 0.15) is 17.7 Å². The van der Waals surface area contributed by atoms with E-state index in [1.807, 2.05) is 19.0 Å². The Balaban J connectivity index is 0.000000386. The number of benzene rings is 3. The molecule has 0 bridgehead atoms. The molecule has 1 heterocycles. The van der Waals surface area contributed by atoms with Crippen molar-refractivity contribution in [2.75, 3.05) is 46.1 Å². The minimum Gasteiger partial charge on any atom is -0.480 e. The Hall–Kier alpha value is -4.48. The summed E-state index contributed by atoms with van der Waals surface area (Å²) in [5.74, 6) is -1.01. The second-order valence-electron chi connectivity index (χ2n) is 13.2. The number of nitrogens with zero attached hydrogens (tertiary/aromatic N) is 2. The van der Waals surface area contributed by atoms with Gasteiger partial charge in [0.15, 0.2) is 0 Å². The summed E-state index contributed by atoms with van der Waals surface area (Å²) in [6, 6.07) is 14.1. The second-order valence-corrected chi connectivity index (χ2v) is 13.2. The third-order valence-electron chi connectivity index (χ3n) is 9.15. The van der Waals surface area contributed by atoms with E-state index in [0.717, 1.165) is 4.90 Å². The lowest BCUT2D eigenvalue weighted by molar-refractivity contribution is -0.228. The first-order valence-corrected chi connectivity index (χ1v) is 16.6. The molecule has 1 unspecified atom stereocenters. The molecule has 1 saturated heterocycles. The highest BCUT2D eigenvalue weighted by molar-refractivity contribution is 6.04. The van der Waals surface area contributed by atoms with Crippen LogP contribution in [0.15, 0.2) is 54.6 Å². The van der Waals surface area contributed by atoms with Crippen molar-refractivity contribution >= 4 is 46.3 Å². The third kappa shape index (κ3) is 11.0. The summed E-state index contributed by atoms with van der Waals surface area (Å²) in [4.78, 5) is 36.1. The molecule has 0 aliphatic carbocycles. The van der Waals surface area contributed by atoms with E-state index < -0.39 is 60.9 Å². The number of carbonyl (C=O) groups excluding carboxylic acids is 2. The van der Waals surface area contributed by atoms with Crippen LogP contribution >= 0.6 is 0 Å². The van der Waals surface area contributed by atoms with Crippen LogP contribution in [-0.2, 0) is 27.3 Å². The molecule has 54 heavy (non-hydrogen) atoms. The van der Waals surface area contributed by atoms with Crippen molar-refractivity contribution in [3.8, 4) is 0 Å². The van der Waals surface area contributed by atoms with E-state index in [1.165, 1.54) is 19.1 Å². The number of piperidine rings is 1. The molecule has 3 aromatic carbocycles. The van der Waals surface area contributed by atoms with Crippen molar-refractivity contribution in [1.29, 1.82) is 0 Å². The van der Waals surface area contributed by atoms with Crippen LogP contribution in [0, 0.1) is 5.41 Å². The van der Waals surface area contributed by atoms with E-state index in [-0.39, 0.29) is 42.6 Å². The number of hydrogen-bond acceptors (Lipinski definition) is 6. The zero-order chi connectivity index (χ0) is 40.6. The van der Waals surface area contributed by atoms with Gasteiger partial charge in [-0.1, -0.05) is 42.5 Å². The van der Waals surface area contributed by atoms with E-state index in [0.29, 0.717) is 40.4 Å². The molecule has 1 amide bonds. The largest absolute Gasteiger partial charge is 0.480 e. The van der Waals surface area contributed by atoms with Crippen molar-refractivity contribution in [3.05, 3.63) is 76.9 Å². The molecule has 3 N–H and O–H groups in total. The number of likely N-dealkylation sites (N-methyl/N-ethyl adjacent to an activating group) is 1. The Morgan fingerprint density at radius 1 is 0.926 bits per heavy atom. The number of carboxylic acid groups (broad SMARTS) is 1. The summed E-state index contributed by atoms with van der Waals surface area (Å²) >= 11 is 0. The first-order chi connectivity index (χ1) is 25.1. The number of carboxylic acids is 1. The molecule has 4 rings (SSSR count). The summed E-state index contributed by atoms with van der Waals surface area (Å²) in [6.45, 7) is -0.150. The number of aliphatic carboxylic acids is 1. The van der Waals surface area contributed by atoms with E-state index in [4.69, 9.17) is 0 Å². The smallest absolute Gasteiger partial charge is 0.417 e. The molecule has 1 aliphatic heterocycles. The Kier molecular flexibility index (Phi) is 14.5. The first-order valence-electron chi connectivity index (χ1n) is 16.6. The average molecular weight is 777 g/mol. The molecule has 3 aromatic rings. The van der Waals surface area contributed by atoms with Crippen LogP contribution in [0.4, 0.5) is 45.2 Å². The van der Waals surface area contributed by atoms with E-state index in [1.54, 1.807) is 49.5 Å². The van der Waals surface area contributed by atoms with Gasteiger partial charge >= 0.3 is 24.5 Å². The zero-order valence-electron chi connectivity index (χ0n) is 29.8. The van der Waals surface area contributed by atoms with Gasteiger partial charge in [0.05, 0.1) is 12.1 Å². The van der Waals surface area contributed by atoms with Gasteiger partial charge in [0.25, 0.3) is 0 Å². The molecule has 1 atom stereocenters. The number of fused-ring (bicyclic) bond motifs is 1. The number of rotatable bonds is 12. The van der Waals surface area contributed by atoms with Crippen LogP contribution in [-0.4, -0.2) is 98.9 Å². The number of aldehydes is 1. The summed E-state index contributed by atoms with van der Waals surface area (Å²) < 4.78 is 118. The van der Waals surface area contributed by atoms with Gasteiger partial charge in [-0.05, 0) is 106 Å². The standard InChI is InChI=1S/C28H30F3N3O3.C9H11F6NO/c1-17(20-8-6-9-21-19(7-5-10-22(20)21)14-25(32-2)27(36)37)26(28(29,30)31)23-13-18(15-34(3)4)11-12-24(23)33-16-35;10-8(11,12)5-16-3-1-7(6-17,2-4-16)9(13,14)15/h5-13,16,25,32H,14-15H2,1-4H3,(H,33,35)(H,36,37);6H,1-5H2/b26-17-;. The van der Waals surface area contributed by atoms with Crippen LogP contribution in [0.2, 0.25) is 0 Å². The van der Waals surface area contributed by atoms with Gasteiger partial charge in [-0.25, -0.2) is 0 Å². The molecule has 0 aromatic heterocycles. The predicted molar refractivity (Wildman–Crippen MR) is 186 cm³/mol. The quantitative estimate of drug-likeness (QED) is 0.0992. The van der Waals surface area contributed by atoms with Crippen molar-refractivity contribution in [1.82, 2.24) is 15.1 Å². The molecule has 17 heteroatoms. The third-order valence-corrected chi connectivity index (χ3v) is 9.15. The van der Waals surface area contributed by atoms with Crippen molar-refractivity contribution < 1.29 is 59.0 Å². The number of hydrogen-bond donors (Lipinski definition) is 3. The topological polar surface area (TPSA) is 102 Å². The monoisotopic (exact) mass is 776 g/mol. The number of alkyl halides is 9. The molecule has 1 fully saturated rings. The minimum atomic E-state index is -4.72. The van der Waals surface area contributed by atoms with Crippen LogP contribution in [0.1, 0.15) is 42.0 Å². The number of allylic oxidation sites excluding steroid dienone is 2. The summed E-state index contributed by atoms with van der Waals surface area (Å²) in [7, 11) is 5.19. The summed E-state index contributed by atoms with van der Waals surface area (Å²) in [6.07, 6.45) is -14.7. The number of nitrogens with one attached hydrogen (secondary N) is 2. The highest BCUT2D eigenvalue weighted by Crippen LogP contribution is 2.46. The average Bonchev–Trinajstić information content (AvgIpc) is 3.06. The highest BCUT2D eigenvalue weighted by atomic mass is 19.4. The van der Waals surface area contributed by atoms with Gasteiger partial charge < -0.3 is 25.4 Å². The molecular formula is C37H41F9N4O4. The maximum atomic E-state index is 14.7. The molecule has 0 spiro atoms. The summed E-state index contributed by atoms with van der Waals surface area (Å²) in [5.41, 5.74) is -1.65. The zero-order valence-corrected chi connectivity index (χ0v) is 29.8. The SMILES string of the molecule is CNC(Cc1cccc2c(/C(C)=C(/c3cc(CN(C)C)ccc3NC=O)C(F)(F)F)cccc12)C(=O)O.O=CC1(C(F)(F)F)CCN(CC(F)(F)F)CC1. The van der Waals surface area contributed by atoms with Crippen LogP contribution < -0.4 is 10.6 Å². The lowest BCUT2D eigenvalue weighted by Gasteiger charge is -2.39. The lowest BCUT2D eigenvalue weighted by Crippen LogP contribution is -2.50. The molecule has 296 valence electrons. The van der Waals surface area contributed by atoms with Crippen molar-refractivity contribution in [2.24, 2.45) is 5.41 Å². The highest BCUT2D eigenvalue weighted by Gasteiger charge is 2.56. The maximum Gasteiger partial charge on any atom is 0.417 e. The lowest BCUT2D eigenvalue weighted by atomic mass is 9.79. The van der Waals surface area contributed by atoms with Gasteiger partial charge in [-0.15, -0.1) is 0 Å². The fourth-order valence-electron chi connectivity index (χ4n) is 6.40. The Labute approximate surface area is 306 Å². The van der Waals surface area contributed by atoms with Gasteiger partial charge in [-0.2, -0.15) is 39.5 Å². The Bertz CT molecular complexity index is 1810. The maximum absolute atomic E-state index is 14.7. The number of likely N-dealkylation sites (tertiary alicyclic amines) is 1. The van der Waals surface area contributed by atoms with Crippen molar-refractivity contribution in [3.63, 3.8) is 0 Å². The minimum absolute atomic E-state index is 0.00500. The van der Waals surface area contributed by atoms with Gasteiger partial charge in [0.2, 0.25) is 6.41 Å². The van der Waals surface area contributed by atoms with E-state index in [9.17, 15) is 59.0 Å². The molecular weight excluding hydrogens is 735 g/mol.